The molecule has 1 aromatic rings. The zero-order valence-corrected chi connectivity index (χ0v) is 13.5. The summed E-state index contributed by atoms with van der Waals surface area (Å²) in [5, 5.41) is 0. The number of hydrogen-bond donors (Lipinski definition) is 0. The smallest absolute Gasteiger partial charge is 0.306 e. The molecule has 2 nitrogen and oxygen atoms in total. The summed E-state index contributed by atoms with van der Waals surface area (Å²) in [6, 6.07) is 10.0. The third-order valence-electron chi connectivity index (χ3n) is 2.71. The van der Waals surface area contributed by atoms with Gasteiger partial charge in [-0.25, -0.2) is 0 Å². The number of thioether (sulfide) groups is 1. The maximum Gasteiger partial charge on any atom is 0.306 e. The molecule has 20 heavy (non-hydrogen) atoms. The Morgan fingerprint density at radius 2 is 2.10 bits per heavy atom. The van der Waals surface area contributed by atoms with Gasteiger partial charge in [-0.15, -0.1) is 23.4 Å². The minimum Gasteiger partial charge on any atom is -0.461 e. The van der Waals surface area contributed by atoms with Gasteiger partial charge in [-0.05, 0) is 24.0 Å². The Kier molecular flexibility index (Phi) is 7.17. The van der Waals surface area contributed by atoms with Gasteiger partial charge in [0.15, 0.2) is 0 Å². The number of esters is 1. The molecule has 0 saturated carbocycles. The van der Waals surface area contributed by atoms with Crippen molar-refractivity contribution in [2.24, 2.45) is 5.41 Å². The summed E-state index contributed by atoms with van der Waals surface area (Å²) in [4.78, 5) is 12.8. The monoisotopic (exact) mass is 312 g/mol. The van der Waals surface area contributed by atoms with Gasteiger partial charge < -0.3 is 4.74 Å². The SMILES string of the molecule is C=CCOC(=O)CC(C)(C)CC(Cl)Sc1ccccc1. The molecule has 1 atom stereocenters. The van der Waals surface area contributed by atoms with E-state index in [0.29, 0.717) is 6.42 Å². The van der Waals surface area contributed by atoms with Gasteiger partial charge in [0.05, 0.1) is 11.1 Å². The van der Waals surface area contributed by atoms with Gasteiger partial charge in [-0.1, -0.05) is 44.7 Å². The highest BCUT2D eigenvalue weighted by Gasteiger charge is 2.26. The number of carbonyl (C=O) groups is 1. The molecule has 1 rings (SSSR count). The Hall–Kier alpha value is -0.930. The van der Waals surface area contributed by atoms with Crippen LogP contribution in [0.2, 0.25) is 0 Å². The second kappa shape index (κ2) is 8.38. The molecule has 110 valence electrons. The molecule has 0 aliphatic rings. The minimum absolute atomic E-state index is 0.0698. The van der Waals surface area contributed by atoms with E-state index in [2.05, 4.69) is 6.58 Å². The molecule has 0 N–H and O–H groups in total. The molecule has 0 amide bonds. The lowest BCUT2D eigenvalue weighted by atomic mass is 9.86. The fourth-order valence-corrected chi connectivity index (χ4v) is 3.66. The molecule has 1 unspecified atom stereocenters. The second-order valence-electron chi connectivity index (χ2n) is 5.36. The van der Waals surface area contributed by atoms with Crippen LogP contribution >= 0.6 is 23.4 Å². The Morgan fingerprint density at radius 3 is 2.70 bits per heavy atom. The number of rotatable bonds is 8. The molecule has 0 aromatic heterocycles. The lowest BCUT2D eigenvalue weighted by molar-refractivity contribution is -0.144. The van der Waals surface area contributed by atoms with Crippen LogP contribution in [0, 0.1) is 5.41 Å². The molecular weight excluding hydrogens is 292 g/mol. The quantitative estimate of drug-likeness (QED) is 0.296. The average Bonchev–Trinajstić information content (AvgIpc) is 2.36. The number of carbonyl (C=O) groups excluding carboxylic acids is 1. The molecule has 0 bridgehead atoms. The molecule has 0 saturated heterocycles. The van der Waals surface area contributed by atoms with Crippen LogP contribution in [-0.4, -0.2) is 17.3 Å². The predicted molar refractivity (Wildman–Crippen MR) is 86.1 cm³/mol. The van der Waals surface area contributed by atoms with E-state index in [-0.39, 0.29) is 22.7 Å². The van der Waals surface area contributed by atoms with Crippen LogP contribution in [0.4, 0.5) is 0 Å². The maximum absolute atomic E-state index is 11.6. The van der Waals surface area contributed by atoms with Gasteiger partial charge >= 0.3 is 5.97 Å². The zero-order valence-electron chi connectivity index (χ0n) is 12.0. The Morgan fingerprint density at radius 1 is 1.45 bits per heavy atom. The standard InChI is InChI=1S/C16H21ClO2S/c1-4-10-19-15(18)12-16(2,3)11-14(17)20-13-8-6-5-7-9-13/h4-9,14H,1,10-12H2,2-3H3. The van der Waals surface area contributed by atoms with Gasteiger partial charge in [0.2, 0.25) is 0 Å². The van der Waals surface area contributed by atoms with E-state index in [4.69, 9.17) is 16.3 Å². The Labute approximate surface area is 130 Å². The summed E-state index contributed by atoms with van der Waals surface area (Å²) in [7, 11) is 0. The van der Waals surface area contributed by atoms with Crippen LogP contribution in [0.15, 0.2) is 47.9 Å². The van der Waals surface area contributed by atoms with Crippen molar-refractivity contribution in [3.05, 3.63) is 43.0 Å². The van der Waals surface area contributed by atoms with Crippen molar-refractivity contribution in [2.75, 3.05) is 6.61 Å². The highest BCUT2D eigenvalue weighted by atomic mass is 35.5. The first kappa shape index (κ1) is 17.1. The van der Waals surface area contributed by atoms with Crippen LogP contribution in [0.1, 0.15) is 26.7 Å². The molecule has 4 heteroatoms. The van der Waals surface area contributed by atoms with Crippen molar-refractivity contribution in [1.82, 2.24) is 0 Å². The van der Waals surface area contributed by atoms with Crippen LogP contribution in [0.5, 0.6) is 0 Å². The van der Waals surface area contributed by atoms with Gasteiger partial charge in [-0.3, -0.25) is 4.79 Å². The maximum atomic E-state index is 11.6. The summed E-state index contributed by atoms with van der Waals surface area (Å²) in [6.07, 6.45) is 2.66. The fraction of sp³-hybridized carbons (Fsp3) is 0.438. The highest BCUT2D eigenvalue weighted by Crippen LogP contribution is 2.36. The molecule has 0 fully saturated rings. The molecular formula is C16H21ClO2S. The number of hydrogen-bond acceptors (Lipinski definition) is 3. The summed E-state index contributed by atoms with van der Waals surface area (Å²) in [5.74, 6) is -0.205. The van der Waals surface area contributed by atoms with E-state index in [0.717, 1.165) is 11.3 Å². The van der Waals surface area contributed by atoms with Crippen molar-refractivity contribution >= 4 is 29.3 Å². The average molecular weight is 313 g/mol. The van der Waals surface area contributed by atoms with Gasteiger partial charge in [-0.2, -0.15) is 0 Å². The van der Waals surface area contributed by atoms with Crippen molar-refractivity contribution < 1.29 is 9.53 Å². The topological polar surface area (TPSA) is 26.3 Å². The Balaban J connectivity index is 2.44. The first-order valence-corrected chi connectivity index (χ1v) is 7.87. The highest BCUT2D eigenvalue weighted by molar-refractivity contribution is 8.01. The molecule has 0 aliphatic heterocycles. The van der Waals surface area contributed by atoms with Gasteiger partial charge in [0.1, 0.15) is 6.61 Å². The van der Waals surface area contributed by atoms with Crippen LogP contribution in [-0.2, 0) is 9.53 Å². The zero-order chi connectivity index (χ0) is 15.0. The fourth-order valence-electron chi connectivity index (χ4n) is 1.79. The number of halogens is 1. The largest absolute Gasteiger partial charge is 0.461 e. The summed E-state index contributed by atoms with van der Waals surface area (Å²) < 4.78 is 4.95. The normalized spacial score (nSPS) is 12.8. The van der Waals surface area contributed by atoms with Gasteiger partial charge in [0, 0.05) is 4.90 Å². The molecule has 0 radical (unpaired) electrons. The predicted octanol–water partition coefficient (Wildman–Crippen LogP) is 4.88. The lowest BCUT2D eigenvalue weighted by Crippen LogP contribution is -2.21. The number of benzene rings is 1. The van der Waals surface area contributed by atoms with E-state index in [1.807, 2.05) is 44.2 Å². The van der Waals surface area contributed by atoms with E-state index in [1.54, 1.807) is 17.8 Å². The third-order valence-corrected chi connectivity index (χ3v) is 4.09. The minimum atomic E-state index is -0.205. The van der Waals surface area contributed by atoms with Crippen LogP contribution in [0.25, 0.3) is 0 Å². The van der Waals surface area contributed by atoms with E-state index in [9.17, 15) is 4.79 Å². The summed E-state index contributed by atoms with van der Waals surface area (Å²) >= 11 is 7.99. The van der Waals surface area contributed by atoms with Crippen LogP contribution < -0.4 is 0 Å². The van der Waals surface area contributed by atoms with E-state index in [1.165, 1.54) is 0 Å². The molecule has 0 aliphatic carbocycles. The first-order valence-electron chi connectivity index (χ1n) is 6.55. The van der Waals surface area contributed by atoms with Crippen molar-refractivity contribution in [3.8, 4) is 0 Å². The van der Waals surface area contributed by atoms with E-state index < -0.39 is 0 Å². The number of ether oxygens (including phenoxy) is 1. The van der Waals surface area contributed by atoms with Crippen molar-refractivity contribution in [3.63, 3.8) is 0 Å². The van der Waals surface area contributed by atoms with Crippen LogP contribution in [0.3, 0.4) is 0 Å². The summed E-state index contributed by atoms with van der Waals surface area (Å²) in [6.45, 7) is 7.85. The number of alkyl halides is 1. The first-order chi connectivity index (χ1) is 9.43. The van der Waals surface area contributed by atoms with Crippen molar-refractivity contribution in [1.29, 1.82) is 0 Å². The molecule has 0 spiro atoms. The lowest BCUT2D eigenvalue weighted by Gasteiger charge is -2.25. The third kappa shape index (κ3) is 7.01. The molecule has 1 aromatic carbocycles. The van der Waals surface area contributed by atoms with Crippen molar-refractivity contribution in [2.45, 2.75) is 36.3 Å². The Bertz CT molecular complexity index is 431. The van der Waals surface area contributed by atoms with Gasteiger partial charge in [0.25, 0.3) is 0 Å². The second-order valence-corrected chi connectivity index (χ2v) is 7.42. The van der Waals surface area contributed by atoms with E-state index >= 15 is 0 Å². The summed E-state index contributed by atoms with van der Waals surface area (Å²) in [5.41, 5.74) is -0.188. The molecule has 0 heterocycles.